The van der Waals surface area contributed by atoms with E-state index in [0.717, 1.165) is 32.7 Å². The van der Waals surface area contributed by atoms with Crippen molar-refractivity contribution in [1.29, 1.82) is 0 Å². The van der Waals surface area contributed by atoms with E-state index in [1.165, 1.54) is 0 Å². The summed E-state index contributed by atoms with van der Waals surface area (Å²) >= 11 is 0. The lowest BCUT2D eigenvalue weighted by Gasteiger charge is -2.32. The van der Waals surface area contributed by atoms with Crippen LogP contribution in [0.4, 0.5) is 0 Å². The molecule has 0 aromatic carbocycles. The number of carbonyl (C=O) groups is 1. The van der Waals surface area contributed by atoms with Gasteiger partial charge in [-0.25, -0.2) is 0 Å². The van der Waals surface area contributed by atoms with E-state index in [0.29, 0.717) is 5.69 Å². The molecule has 1 amide bonds. The topological polar surface area (TPSA) is 41.4 Å². The first-order valence-electron chi connectivity index (χ1n) is 5.72. The fourth-order valence-corrected chi connectivity index (χ4v) is 1.94. The molecule has 0 bridgehead atoms. The van der Waals surface area contributed by atoms with E-state index < -0.39 is 0 Å². The minimum absolute atomic E-state index is 0.104. The molecule has 0 saturated carbocycles. The number of aryl methyl sites for hydroxylation is 1. The van der Waals surface area contributed by atoms with Gasteiger partial charge in [0.25, 0.3) is 5.91 Å². The Morgan fingerprint density at radius 2 is 2.06 bits per heavy atom. The maximum atomic E-state index is 12.2. The quantitative estimate of drug-likeness (QED) is 0.722. The van der Waals surface area contributed by atoms with Gasteiger partial charge in [0.2, 0.25) is 0 Å². The molecule has 1 fully saturated rings. The van der Waals surface area contributed by atoms with E-state index in [1.807, 2.05) is 11.8 Å². The van der Waals surface area contributed by atoms with Gasteiger partial charge in [-0.15, -0.1) is 0 Å². The van der Waals surface area contributed by atoms with Crippen LogP contribution >= 0.6 is 0 Å². The Hall–Kier alpha value is -1.36. The van der Waals surface area contributed by atoms with Gasteiger partial charge < -0.3 is 9.80 Å². The van der Waals surface area contributed by atoms with Crippen LogP contribution < -0.4 is 0 Å². The number of carbonyl (C=O) groups excluding carboxylic acids is 1. The van der Waals surface area contributed by atoms with E-state index in [9.17, 15) is 4.79 Å². The van der Waals surface area contributed by atoms with Crippen molar-refractivity contribution in [3.63, 3.8) is 0 Å². The number of amides is 1. The molecule has 1 saturated heterocycles. The molecular weight excluding hydrogens is 204 g/mol. The lowest BCUT2D eigenvalue weighted by Crippen LogP contribution is -2.47. The molecule has 0 unspecified atom stereocenters. The SMILES string of the molecule is CCn1nccc1C(=O)N1CCN(C)CC1. The first kappa shape index (κ1) is 11.1. The van der Waals surface area contributed by atoms with Gasteiger partial charge in [-0.3, -0.25) is 9.48 Å². The average molecular weight is 222 g/mol. The zero-order valence-corrected chi connectivity index (χ0v) is 9.89. The predicted octanol–water partition coefficient (Wildman–Crippen LogP) is 0.291. The Kier molecular flexibility index (Phi) is 3.24. The molecular formula is C11H18N4O. The zero-order chi connectivity index (χ0) is 11.5. The second kappa shape index (κ2) is 4.65. The molecule has 0 N–H and O–H groups in total. The van der Waals surface area contributed by atoms with Gasteiger partial charge >= 0.3 is 0 Å². The molecule has 1 aromatic rings. The molecule has 1 aromatic heterocycles. The van der Waals surface area contributed by atoms with Crippen LogP contribution in [0.5, 0.6) is 0 Å². The molecule has 2 heterocycles. The van der Waals surface area contributed by atoms with Crippen LogP contribution in [-0.4, -0.2) is 58.7 Å². The van der Waals surface area contributed by atoms with Crippen LogP contribution in [-0.2, 0) is 6.54 Å². The first-order chi connectivity index (χ1) is 7.72. The summed E-state index contributed by atoms with van der Waals surface area (Å²) < 4.78 is 1.75. The highest BCUT2D eigenvalue weighted by atomic mass is 16.2. The summed E-state index contributed by atoms with van der Waals surface area (Å²) in [4.78, 5) is 16.3. The van der Waals surface area contributed by atoms with E-state index in [2.05, 4.69) is 17.0 Å². The number of piperazine rings is 1. The minimum Gasteiger partial charge on any atom is -0.335 e. The van der Waals surface area contributed by atoms with Crippen LogP contribution in [0.15, 0.2) is 12.3 Å². The number of rotatable bonds is 2. The smallest absolute Gasteiger partial charge is 0.272 e. The molecule has 5 nitrogen and oxygen atoms in total. The number of hydrogen-bond donors (Lipinski definition) is 0. The number of aromatic nitrogens is 2. The van der Waals surface area contributed by atoms with Crippen molar-refractivity contribution >= 4 is 5.91 Å². The third kappa shape index (κ3) is 2.09. The minimum atomic E-state index is 0.104. The van der Waals surface area contributed by atoms with Crippen molar-refractivity contribution in [2.75, 3.05) is 33.2 Å². The second-order valence-corrected chi connectivity index (χ2v) is 4.13. The average Bonchev–Trinajstić information content (AvgIpc) is 2.77. The monoisotopic (exact) mass is 222 g/mol. The zero-order valence-electron chi connectivity index (χ0n) is 9.89. The molecule has 0 atom stereocenters. The van der Waals surface area contributed by atoms with Gasteiger partial charge in [-0.1, -0.05) is 0 Å². The van der Waals surface area contributed by atoms with Gasteiger partial charge in [0.1, 0.15) is 5.69 Å². The molecule has 2 rings (SSSR count). The summed E-state index contributed by atoms with van der Waals surface area (Å²) in [6.45, 7) is 6.25. The first-order valence-corrected chi connectivity index (χ1v) is 5.72. The van der Waals surface area contributed by atoms with E-state index in [-0.39, 0.29) is 5.91 Å². The largest absolute Gasteiger partial charge is 0.335 e. The van der Waals surface area contributed by atoms with Crippen molar-refractivity contribution in [2.45, 2.75) is 13.5 Å². The van der Waals surface area contributed by atoms with Crippen molar-refractivity contribution in [3.05, 3.63) is 18.0 Å². The lowest BCUT2D eigenvalue weighted by atomic mass is 10.3. The molecule has 0 radical (unpaired) electrons. The van der Waals surface area contributed by atoms with Crippen LogP contribution in [0.2, 0.25) is 0 Å². The summed E-state index contributed by atoms with van der Waals surface area (Å²) in [6.07, 6.45) is 1.69. The van der Waals surface area contributed by atoms with Gasteiger partial charge in [0, 0.05) is 38.9 Å². The molecule has 0 spiro atoms. The van der Waals surface area contributed by atoms with Gasteiger partial charge in [0.15, 0.2) is 0 Å². The van der Waals surface area contributed by atoms with Gasteiger partial charge in [-0.05, 0) is 20.0 Å². The summed E-state index contributed by atoms with van der Waals surface area (Å²) in [6, 6.07) is 1.80. The Morgan fingerprint density at radius 1 is 1.38 bits per heavy atom. The van der Waals surface area contributed by atoms with Crippen molar-refractivity contribution < 1.29 is 4.79 Å². The summed E-state index contributed by atoms with van der Waals surface area (Å²) in [7, 11) is 2.08. The second-order valence-electron chi connectivity index (χ2n) is 4.13. The third-order valence-electron chi connectivity index (χ3n) is 3.03. The Morgan fingerprint density at radius 3 is 2.69 bits per heavy atom. The summed E-state index contributed by atoms with van der Waals surface area (Å²) in [5.74, 6) is 0.104. The Balaban J connectivity index is 2.07. The van der Waals surface area contributed by atoms with Crippen molar-refractivity contribution in [2.24, 2.45) is 0 Å². The maximum Gasteiger partial charge on any atom is 0.272 e. The van der Waals surface area contributed by atoms with Gasteiger partial charge in [0.05, 0.1) is 0 Å². The third-order valence-corrected chi connectivity index (χ3v) is 3.03. The van der Waals surface area contributed by atoms with Crippen LogP contribution in [0, 0.1) is 0 Å². The molecule has 1 aliphatic rings. The molecule has 88 valence electrons. The van der Waals surface area contributed by atoms with Crippen molar-refractivity contribution in [3.8, 4) is 0 Å². The van der Waals surface area contributed by atoms with Gasteiger partial charge in [-0.2, -0.15) is 5.10 Å². The summed E-state index contributed by atoms with van der Waals surface area (Å²) in [5.41, 5.74) is 0.701. The fourth-order valence-electron chi connectivity index (χ4n) is 1.94. The number of nitrogens with zero attached hydrogens (tertiary/aromatic N) is 4. The van der Waals surface area contributed by atoms with E-state index in [1.54, 1.807) is 16.9 Å². The lowest BCUT2D eigenvalue weighted by molar-refractivity contribution is 0.0652. The Bertz CT molecular complexity index is 366. The fraction of sp³-hybridized carbons (Fsp3) is 0.636. The molecule has 16 heavy (non-hydrogen) atoms. The highest BCUT2D eigenvalue weighted by Crippen LogP contribution is 2.07. The molecule has 1 aliphatic heterocycles. The number of likely N-dealkylation sites (N-methyl/N-ethyl adjacent to an activating group) is 1. The normalized spacial score (nSPS) is 17.8. The molecule has 5 heteroatoms. The van der Waals surface area contributed by atoms with Crippen LogP contribution in [0.3, 0.4) is 0 Å². The van der Waals surface area contributed by atoms with Crippen LogP contribution in [0.1, 0.15) is 17.4 Å². The van der Waals surface area contributed by atoms with E-state index >= 15 is 0 Å². The van der Waals surface area contributed by atoms with Crippen LogP contribution in [0.25, 0.3) is 0 Å². The van der Waals surface area contributed by atoms with Crippen molar-refractivity contribution in [1.82, 2.24) is 19.6 Å². The maximum absolute atomic E-state index is 12.2. The Labute approximate surface area is 95.6 Å². The highest BCUT2D eigenvalue weighted by Gasteiger charge is 2.22. The number of hydrogen-bond acceptors (Lipinski definition) is 3. The standard InChI is InChI=1S/C11H18N4O/c1-3-15-10(4-5-12-15)11(16)14-8-6-13(2)7-9-14/h4-5H,3,6-9H2,1-2H3. The summed E-state index contributed by atoms with van der Waals surface area (Å²) in [5, 5.41) is 4.12. The van der Waals surface area contributed by atoms with E-state index in [4.69, 9.17) is 0 Å². The predicted molar refractivity (Wildman–Crippen MR) is 61.3 cm³/mol. The highest BCUT2D eigenvalue weighted by molar-refractivity contribution is 5.92. The molecule has 0 aliphatic carbocycles.